The predicted octanol–water partition coefficient (Wildman–Crippen LogP) is 5.53. The maximum absolute atomic E-state index is 13.5. The van der Waals surface area contributed by atoms with Crippen LogP contribution in [0.2, 0.25) is 0 Å². The quantitative estimate of drug-likeness (QED) is 0.248. The Morgan fingerprint density at radius 1 is 1.00 bits per heavy atom. The molecule has 0 spiro atoms. The van der Waals surface area contributed by atoms with Gasteiger partial charge in [0.05, 0.1) is 5.60 Å². The molecule has 7 nitrogen and oxygen atoms in total. The van der Waals surface area contributed by atoms with E-state index >= 15 is 0 Å². The summed E-state index contributed by atoms with van der Waals surface area (Å²) in [6.45, 7) is 14.1. The Kier molecular flexibility index (Phi) is 8.39. The molecule has 3 rings (SSSR count). The van der Waals surface area contributed by atoms with Gasteiger partial charge in [0.2, 0.25) is 0 Å². The Morgan fingerprint density at radius 2 is 1.64 bits per heavy atom. The van der Waals surface area contributed by atoms with E-state index in [1.807, 2.05) is 6.92 Å². The van der Waals surface area contributed by atoms with E-state index in [9.17, 15) is 29.4 Å². The number of ether oxygens (including phenoxy) is 1. The maximum Gasteiger partial charge on any atom is 0.313 e. The van der Waals surface area contributed by atoms with Gasteiger partial charge >= 0.3 is 11.9 Å². The first-order chi connectivity index (χ1) is 17.9. The molecule has 6 atom stereocenters. The first-order valence-corrected chi connectivity index (χ1v) is 13.8. The summed E-state index contributed by atoms with van der Waals surface area (Å²) in [6, 6.07) is 0. The molecule has 0 saturated heterocycles. The Morgan fingerprint density at radius 3 is 2.21 bits per heavy atom. The van der Waals surface area contributed by atoms with E-state index in [1.54, 1.807) is 52.0 Å². The highest BCUT2D eigenvalue weighted by Gasteiger charge is 2.68. The summed E-state index contributed by atoms with van der Waals surface area (Å²) >= 11 is 0. The summed E-state index contributed by atoms with van der Waals surface area (Å²) in [4.78, 5) is 51.2. The van der Waals surface area contributed by atoms with E-state index in [0.29, 0.717) is 36.8 Å². The van der Waals surface area contributed by atoms with Gasteiger partial charge in [-0.1, -0.05) is 43.7 Å². The van der Waals surface area contributed by atoms with Crippen molar-refractivity contribution in [3.05, 3.63) is 47.1 Å². The molecule has 0 unspecified atom stereocenters. The number of carboxylic acids is 1. The van der Waals surface area contributed by atoms with Crippen molar-refractivity contribution in [3.8, 4) is 0 Å². The van der Waals surface area contributed by atoms with E-state index in [1.165, 1.54) is 13.0 Å². The lowest BCUT2D eigenvalue weighted by atomic mass is 9.42. The lowest BCUT2D eigenvalue weighted by Gasteiger charge is -2.61. The van der Waals surface area contributed by atoms with Crippen molar-refractivity contribution in [3.63, 3.8) is 0 Å². The number of carbonyl (C=O) groups excluding carboxylic acids is 3. The van der Waals surface area contributed by atoms with Gasteiger partial charge in [0.15, 0.2) is 11.6 Å². The number of Topliss-reactive ketones (excluding diaryl/α,β-unsaturated/α-hetero) is 1. The zero-order valence-corrected chi connectivity index (χ0v) is 24.6. The topological polar surface area (TPSA) is 118 Å². The van der Waals surface area contributed by atoms with Gasteiger partial charge < -0.3 is 14.9 Å². The monoisotopic (exact) mass is 540 g/mol. The second-order valence-electron chi connectivity index (χ2n) is 13.0. The largest absolute Gasteiger partial charge is 0.481 e. The third kappa shape index (κ3) is 5.60. The summed E-state index contributed by atoms with van der Waals surface area (Å²) in [5.41, 5.74) is -1.34. The number of esters is 1. The number of hydrogen-bond acceptors (Lipinski definition) is 6. The number of allylic oxidation sites excluding steroid dienone is 7. The fourth-order valence-electron chi connectivity index (χ4n) is 7.83. The van der Waals surface area contributed by atoms with Gasteiger partial charge in [-0.05, 0) is 83.6 Å². The van der Waals surface area contributed by atoms with Crippen LogP contribution in [0.4, 0.5) is 0 Å². The molecule has 214 valence electrons. The molecule has 0 heterocycles. The minimum Gasteiger partial charge on any atom is -0.481 e. The molecule has 0 amide bonds. The van der Waals surface area contributed by atoms with E-state index in [2.05, 4.69) is 13.8 Å². The molecule has 39 heavy (non-hydrogen) atoms. The Labute approximate surface area is 232 Å². The van der Waals surface area contributed by atoms with Crippen LogP contribution in [0.1, 0.15) is 87.5 Å². The fourth-order valence-corrected chi connectivity index (χ4v) is 7.83. The smallest absolute Gasteiger partial charge is 0.313 e. The second-order valence-corrected chi connectivity index (χ2v) is 13.0. The number of aliphatic hydroxyl groups is 1. The van der Waals surface area contributed by atoms with Crippen molar-refractivity contribution in [2.24, 2.45) is 28.1 Å². The number of carboxylic acid groups (broad SMARTS) is 1. The zero-order chi connectivity index (χ0) is 29.6. The van der Waals surface area contributed by atoms with Gasteiger partial charge in [0.1, 0.15) is 11.5 Å². The number of hydrogen-bond donors (Lipinski definition) is 2. The van der Waals surface area contributed by atoms with Gasteiger partial charge in [-0.15, -0.1) is 0 Å². The van der Waals surface area contributed by atoms with Crippen molar-refractivity contribution in [1.82, 2.24) is 0 Å². The molecule has 0 aromatic rings. The van der Waals surface area contributed by atoms with E-state index in [4.69, 9.17) is 4.74 Å². The molecule has 0 aromatic heterocycles. The number of aliphatic carboxylic acids is 1. The number of fused-ring (bicyclic) bond motifs is 3. The zero-order valence-electron chi connectivity index (χ0n) is 24.6. The highest BCUT2D eigenvalue weighted by Crippen LogP contribution is 2.69. The molecule has 3 fully saturated rings. The highest BCUT2D eigenvalue weighted by atomic mass is 16.5. The SMILES string of the molecule is CC(=O)O[C@H]1CC[C@@]2(C)[C@@H](CC[C@]3(C)/C(=C(\C)C(=O)/C=C/C(C)=C/C=C/C(C)(C)O)C(=O)C[C@@H]23)[C@@]1(C)C(=O)O. The van der Waals surface area contributed by atoms with Crippen LogP contribution >= 0.6 is 0 Å². The van der Waals surface area contributed by atoms with Crippen molar-refractivity contribution in [1.29, 1.82) is 0 Å². The Bertz CT molecular complexity index is 1180. The van der Waals surface area contributed by atoms with Crippen LogP contribution in [0, 0.1) is 28.1 Å². The van der Waals surface area contributed by atoms with Crippen molar-refractivity contribution < 1.29 is 34.1 Å². The average Bonchev–Trinajstić information content (AvgIpc) is 3.09. The average molecular weight is 541 g/mol. The molecule has 3 aliphatic rings. The number of ketones is 2. The fraction of sp³-hybridized carbons (Fsp3) is 0.625. The van der Waals surface area contributed by atoms with Crippen molar-refractivity contribution >= 4 is 23.5 Å². The summed E-state index contributed by atoms with van der Waals surface area (Å²) in [5.74, 6) is -2.11. The van der Waals surface area contributed by atoms with Crippen molar-refractivity contribution in [2.75, 3.05) is 0 Å². The lowest BCUT2D eigenvalue weighted by Crippen LogP contribution is -2.61. The minimum atomic E-state index is -1.26. The number of rotatable bonds is 7. The normalized spacial score (nSPS) is 36.6. The molecule has 2 N–H and O–H groups in total. The van der Waals surface area contributed by atoms with Crippen LogP contribution in [-0.4, -0.2) is 45.4 Å². The van der Waals surface area contributed by atoms with Crippen LogP contribution in [0.25, 0.3) is 0 Å². The van der Waals surface area contributed by atoms with Gasteiger partial charge in [0, 0.05) is 29.9 Å². The van der Waals surface area contributed by atoms with Crippen molar-refractivity contribution in [2.45, 2.75) is 99.2 Å². The first-order valence-electron chi connectivity index (χ1n) is 13.8. The Hall–Kier alpha value is -2.80. The van der Waals surface area contributed by atoms with Crippen LogP contribution in [-0.2, 0) is 23.9 Å². The summed E-state index contributed by atoms with van der Waals surface area (Å²) in [7, 11) is 0. The molecule has 0 bridgehead atoms. The van der Waals surface area contributed by atoms with E-state index in [0.717, 1.165) is 5.57 Å². The molecule has 0 aliphatic heterocycles. The van der Waals surface area contributed by atoms with Gasteiger partial charge in [-0.3, -0.25) is 19.2 Å². The second kappa shape index (κ2) is 10.6. The molecule has 0 radical (unpaired) electrons. The highest BCUT2D eigenvalue weighted by molar-refractivity contribution is 6.12. The molecular formula is C32H44O7. The molecule has 0 aromatic carbocycles. The van der Waals surface area contributed by atoms with E-state index < -0.39 is 39.9 Å². The standard InChI is InChI=1S/C32H44O7/c1-19(10-9-15-29(4,5)38)11-12-22(34)20(2)27-23(35)18-25-30(6)17-14-26(39-21(3)33)32(8,28(36)37)24(30)13-16-31(25,27)7/h9-12,15,24-26,38H,13-14,16-18H2,1-8H3,(H,36,37)/b12-11+,15-9+,19-10+,27-20+/t24-,25+,26+,30+,31+,32-/m1/s1. The lowest BCUT2D eigenvalue weighted by molar-refractivity contribution is -0.204. The summed E-state index contributed by atoms with van der Waals surface area (Å²) in [5, 5.41) is 20.2. The third-order valence-electron chi connectivity index (χ3n) is 9.77. The predicted molar refractivity (Wildman–Crippen MR) is 149 cm³/mol. The molecule has 7 heteroatoms. The molecule has 3 aliphatic carbocycles. The van der Waals surface area contributed by atoms with E-state index in [-0.39, 0.29) is 29.8 Å². The Balaban J connectivity index is 1.94. The van der Waals surface area contributed by atoms with Gasteiger partial charge in [-0.2, -0.15) is 0 Å². The van der Waals surface area contributed by atoms with Crippen LogP contribution < -0.4 is 0 Å². The van der Waals surface area contributed by atoms with Crippen LogP contribution in [0.5, 0.6) is 0 Å². The number of carbonyl (C=O) groups is 4. The molecule has 3 saturated carbocycles. The third-order valence-corrected chi connectivity index (χ3v) is 9.77. The minimum absolute atomic E-state index is 0.0388. The maximum atomic E-state index is 13.5. The first kappa shape index (κ1) is 30.7. The summed E-state index contributed by atoms with van der Waals surface area (Å²) in [6.07, 6.45) is 10.2. The molecular weight excluding hydrogens is 496 g/mol. The van der Waals surface area contributed by atoms with Gasteiger partial charge in [0.25, 0.3) is 0 Å². The van der Waals surface area contributed by atoms with Crippen LogP contribution in [0.3, 0.4) is 0 Å². The van der Waals surface area contributed by atoms with Crippen LogP contribution in [0.15, 0.2) is 47.1 Å². The van der Waals surface area contributed by atoms with Gasteiger partial charge in [-0.25, -0.2) is 0 Å². The summed E-state index contributed by atoms with van der Waals surface area (Å²) < 4.78 is 5.53.